The third-order valence-corrected chi connectivity index (χ3v) is 4.83. The van der Waals surface area contributed by atoms with Crippen molar-refractivity contribution in [2.75, 3.05) is 18.4 Å². The standard InChI is InChI=1S/C21H24FN3O2/c1-15(16-9-11-18(22)12-10-16)23-20(26)17-6-5-13-25(14-17)21(27)24-19-7-3-2-4-8-19/h2-4,7-12,15,17H,5-6,13-14H2,1H3,(H,23,26)(H,24,27)/t15-,17+/m0/s1. The lowest BCUT2D eigenvalue weighted by atomic mass is 9.96. The summed E-state index contributed by atoms with van der Waals surface area (Å²) in [5.41, 5.74) is 1.58. The van der Waals surface area contributed by atoms with Gasteiger partial charge >= 0.3 is 6.03 Å². The van der Waals surface area contributed by atoms with Crippen molar-refractivity contribution >= 4 is 17.6 Å². The van der Waals surface area contributed by atoms with Gasteiger partial charge in [0.25, 0.3) is 0 Å². The predicted molar refractivity (Wildman–Crippen MR) is 103 cm³/mol. The third kappa shape index (κ3) is 5.06. The van der Waals surface area contributed by atoms with Gasteiger partial charge in [-0.25, -0.2) is 9.18 Å². The van der Waals surface area contributed by atoms with E-state index >= 15 is 0 Å². The zero-order chi connectivity index (χ0) is 19.2. The van der Waals surface area contributed by atoms with Gasteiger partial charge in [-0.15, -0.1) is 0 Å². The number of halogens is 1. The van der Waals surface area contributed by atoms with Gasteiger partial charge in [0.05, 0.1) is 12.0 Å². The summed E-state index contributed by atoms with van der Waals surface area (Å²) in [6.07, 6.45) is 1.53. The molecule has 0 radical (unpaired) electrons. The first-order valence-electron chi connectivity index (χ1n) is 9.20. The SMILES string of the molecule is C[C@H](NC(=O)[C@@H]1CCCN(C(=O)Nc2ccccc2)C1)c1ccc(F)cc1. The van der Waals surface area contributed by atoms with Crippen LogP contribution in [-0.4, -0.2) is 29.9 Å². The highest BCUT2D eigenvalue weighted by atomic mass is 19.1. The summed E-state index contributed by atoms with van der Waals surface area (Å²) >= 11 is 0. The number of amides is 3. The first-order valence-corrected chi connectivity index (χ1v) is 9.20. The number of nitrogens with zero attached hydrogens (tertiary/aromatic N) is 1. The molecule has 0 spiro atoms. The Labute approximate surface area is 158 Å². The molecular weight excluding hydrogens is 345 g/mol. The minimum Gasteiger partial charge on any atom is -0.349 e. The predicted octanol–water partition coefficient (Wildman–Crippen LogP) is 3.95. The van der Waals surface area contributed by atoms with Crippen LogP contribution >= 0.6 is 0 Å². The molecule has 0 aromatic heterocycles. The Morgan fingerprint density at radius 3 is 2.52 bits per heavy atom. The minimum absolute atomic E-state index is 0.0796. The molecule has 1 aliphatic heterocycles. The molecule has 0 aliphatic carbocycles. The maximum absolute atomic E-state index is 13.0. The van der Waals surface area contributed by atoms with E-state index in [1.165, 1.54) is 12.1 Å². The maximum atomic E-state index is 13.0. The number of para-hydroxylation sites is 1. The van der Waals surface area contributed by atoms with E-state index in [2.05, 4.69) is 10.6 Å². The quantitative estimate of drug-likeness (QED) is 0.857. The Balaban J connectivity index is 1.56. The molecule has 1 heterocycles. The molecule has 1 aliphatic rings. The Morgan fingerprint density at radius 2 is 1.81 bits per heavy atom. The van der Waals surface area contributed by atoms with Gasteiger partial charge < -0.3 is 15.5 Å². The molecule has 1 saturated heterocycles. The number of likely N-dealkylation sites (tertiary alicyclic amines) is 1. The highest BCUT2D eigenvalue weighted by Gasteiger charge is 2.29. The number of anilines is 1. The van der Waals surface area contributed by atoms with Crippen molar-refractivity contribution in [3.8, 4) is 0 Å². The van der Waals surface area contributed by atoms with Crippen LogP contribution < -0.4 is 10.6 Å². The first-order chi connectivity index (χ1) is 13.0. The van der Waals surface area contributed by atoms with Crippen LogP contribution in [0.15, 0.2) is 54.6 Å². The molecule has 3 rings (SSSR count). The summed E-state index contributed by atoms with van der Waals surface area (Å²) in [6, 6.07) is 15.0. The molecule has 2 aromatic carbocycles. The Morgan fingerprint density at radius 1 is 1.11 bits per heavy atom. The normalized spacial score (nSPS) is 17.9. The fourth-order valence-corrected chi connectivity index (χ4v) is 3.27. The Bertz CT molecular complexity index is 780. The average Bonchev–Trinajstić information content (AvgIpc) is 2.69. The second-order valence-electron chi connectivity index (χ2n) is 6.86. The van der Waals surface area contributed by atoms with Crippen LogP contribution in [0.25, 0.3) is 0 Å². The number of hydrogen-bond donors (Lipinski definition) is 2. The second-order valence-corrected chi connectivity index (χ2v) is 6.86. The van der Waals surface area contributed by atoms with Crippen LogP contribution in [-0.2, 0) is 4.79 Å². The van der Waals surface area contributed by atoms with E-state index in [9.17, 15) is 14.0 Å². The van der Waals surface area contributed by atoms with E-state index in [-0.39, 0.29) is 29.7 Å². The molecule has 27 heavy (non-hydrogen) atoms. The van der Waals surface area contributed by atoms with E-state index in [0.29, 0.717) is 13.1 Å². The zero-order valence-electron chi connectivity index (χ0n) is 15.3. The minimum atomic E-state index is -0.301. The number of piperidine rings is 1. The molecule has 2 atom stereocenters. The number of carbonyl (C=O) groups excluding carboxylic acids is 2. The summed E-state index contributed by atoms with van der Waals surface area (Å²) in [6.45, 7) is 2.89. The highest BCUT2D eigenvalue weighted by molar-refractivity contribution is 5.90. The van der Waals surface area contributed by atoms with Crippen molar-refractivity contribution in [2.24, 2.45) is 5.92 Å². The molecule has 0 saturated carbocycles. The summed E-state index contributed by atoms with van der Waals surface area (Å²) < 4.78 is 13.0. The van der Waals surface area contributed by atoms with E-state index < -0.39 is 0 Å². The summed E-state index contributed by atoms with van der Waals surface area (Å²) in [5.74, 6) is -0.628. The van der Waals surface area contributed by atoms with Crippen molar-refractivity contribution in [1.82, 2.24) is 10.2 Å². The molecule has 2 aromatic rings. The smallest absolute Gasteiger partial charge is 0.321 e. The van der Waals surface area contributed by atoms with Gasteiger partial charge in [0.1, 0.15) is 5.82 Å². The molecule has 6 heteroatoms. The van der Waals surface area contributed by atoms with Crippen molar-refractivity contribution in [2.45, 2.75) is 25.8 Å². The van der Waals surface area contributed by atoms with E-state index in [4.69, 9.17) is 0 Å². The summed E-state index contributed by atoms with van der Waals surface area (Å²) in [5, 5.41) is 5.84. The second kappa shape index (κ2) is 8.66. The average molecular weight is 369 g/mol. The van der Waals surface area contributed by atoms with Crippen LogP contribution in [0.2, 0.25) is 0 Å². The van der Waals surface area contributed by atoms with Gasteiger partial charge in [-0.3, -0.25) is 4.79 Å². The Hall–Kier alpha value is -2.89. The largest absolute Gasteiger partial charge is 0.349 e. The van der Waals surface area contributed by atoms with Crippen molar-refractivity contribution in [1.29, 1.82) is 0 Å². The van der Waals surface area contributed by atoms with Gasteiger partial charge in [-0.1, -0.05) is 30.3 Å². The number of benzene rings is 2. The molecule has 5 nitrogen and oxygen atoms in total. The summed E-state index contributed by atoms with van der Waals surface area (Å²) in [4.78, 5) is 26.8. The van der Waals surface area contributed by atoms with Crippen LogP contribution in [0.1, 0.15) is 31.4 Å². The fourth-order valence-electron chi connectivity index (χ4n) is 3.27. The number of carbonyl (C=O) groups is 2. The van der Waals surface area contributed by atoms with Crippen LogP contribution in [0.3, 0.4) is 0 Å². The molecule has 2 N–H and O–H groups in total. The summed E-state index contributed by atoms with van der Waals surface area (Å²) in [7, 11) is 0. The lowest BCUT2D eigenvalue weighted by Gasteiger charge is -2.32. The molecule has 142 valence electrons. The Kier molecular flexibility index (Phi) is 6.06. The number of rotatable bonds is 4. The van der Waals surface area contributed by atoms with Crippen molar-refractivity contribution in [3.63, 3.8) is 0 Å². The lowest BCUT2D eigenvalue weighted by Crippen LogP contribution is -2.47. The molecule has 3 amide bonds. The number of urea groups is 1. The number of hydrogen-bond acceptors (Lipinski definition) is 2. The first kappa shape index (κ1) is 18.9. The number of nitrogens with one attached hydrogen (secondary N) is 2. The van der Waals surface area contributed by atoms with Crippen molar-refractivity contribution in [3.05, 3.63) is 66.0 Å². The van der Waals surface area contributed by atoms with Crippen LogP contribution in [0.4, 0.5) is 14.9 Å². The van der Waals surface area contributed by atoms with Crippen LogP contribution in [0.5, 0.6) is 0 Å². The molecule has 1 fully saturated rings. The molecule has 0 bridgehead atoms. The lowest BCUT2D eigenvalue weighted by molar-refractivity contribution is -0.126. The maximum Gasteiger partial charge on any atom is 0.321 e. The van der Waals surface area contributed by atoms with Crippen molar-refractivity contribution < 1.29 is 14.0 Å². The monoisotopic (exact) mass is 369 g/mol. The zero-order valence-corrected chi connectivity index (χ0v) is 15.3. The van der Waals surface area contributed by atoms with Crippen LogP contribution in [0, 0.1) is 11.7 Å². The van der Waals surface area contributed by atoms with Gasteiger partial charge in [0.2, 0.25) is 5.91 Å². The van der Waals surface area contributed by atoms with E-state index in [1.54, 1.807) is 17.0 Å². The van der Waals surface area contributed by atoms with Gasteiger partial charge in [-0.2, -0.15) is 0 Å². The van der Waals surface area contributed by atoms with Gasteiger partial charge in [0.15, 0.2) is 0 Å². The van der Waals surface area contributed by atoms with Gasteiger partial charge in [0, 0.05) is 18.8 Å². The fraction of sp³-hybridized carbons (Fsp3) is 0.333. The topological polar surface area (TPSA) is 61.4 Å². The van der Waals surface area contributed by atoms with E-state index in [0.717, 1.165) is 24.1 Å². The van der Waals surface area contributed by atoms with E-state index in [1.807, 2.05) is 37.3 Å². The van der Waals surface area contributed by atoms with Gasteiger partial charge in [-0.05, 0) is 49.6 Å². The highest BCUT2D eigenvalue weighted by Crippen LogP contribution is 2.20. The molecular formula is C21H24FN3O2. The molecule has 0 unspecified atom stereocenters. The third-order valence-electron chi connectivity index (χ3n) is 4.83.